The Morgan fingerprint density at radius 2 is 1.95 bits per heavy atom. The summed E-state index contributed by atoms with van der Waals surface area (Å²) >= 11 is 0. The number of methoxy groups -OCH3 is 1. The predicted octanol–water partition coefficient (Wildman–Crippen LogP) is 2.19. The van der Waals surface area contributed by atoms with Gasteiger partial charge in [-0.2, -0.15) is 0 Å². The molecule has 0 aromatic heterocycles. The van der Waals surface area contributed by atoms with Gasteiger partial charge in [-0.3, -0.25) is 0 Å². The van der Waals surface area contributed by atoms with Gasteiger partial charge in [0.1, 0.15) is 0 Å². The van der Waals surface area contributed by atoms with Crippen LogP contribution in [0.4, 0.5) is 4.79 Å². The highest BCUT2D eigenvalue weighted by Gasteiger charge is 2.68. The number of fused-ring (bicyclic) bond motifs is 1. The van der Waals surface area contributed by atoms with E-state index in [0.29, 0.717) is 13.2 Å². The summed E-state index contributed by atoms with van der Waals surface area (Å²) in [6.45, 7) is 3.08. The molecule has 1 saturated carbocycles. The quantitative estimate of drug-likeness (QED) is 0.900. The van der Waals surface area contributed by atoms with Gasteiger partial charge in [0.25, 0.3) is 0 Å². The molecule has 1 aliphatic carbocycles. The maximum atomic E-state index is 11.4. The van der Waals surface area contributed by atoms with Gasteiger partial charge in [0.2, 0.25) is 0 Å². The monoisotopic (exact) mass is 277 g/mol. The summed E-state index contributed by atoms with van der Waals surface area (Å²) in [6, 6.07) is 7.94. The Kier molecular flexibility index (Phi) is 3.40. The van der Waals surface area contributed by atoms with E-state index in [9.17, 15) is 4.79 Å². The van der Waals surface area contributed by atoms with Crippen molar-refractivity contribution in [3.8, 4) is 0 Å². The van der Waals surface area contributed by atoms with Gasteiger partial charge in [0.05, 0.1) is 26.4 Å². The first-order chi connectivity index (χ1) is 9.71. The van der Waals surface area contributed by atoms with Crippen molar-refractivity contribution in [2.24, 2.45) is 5.92 Å². The van der Waals surface area contributed by atoms with Crippen molar-refractivity contribution in [2.45, 2.75) is 38.4 Å². The highest BCUT2D eigenvalue weighted by molar-refractivity contribution is 5.68. The van der Waals surface area contributed by atoms with Crippen LogP contribution in [0.2, 0.25) is 0 Å². The van der Waals surface area contributed by atoms with E-state index in [1.54, 1.807) is 0 Å². The normalized spacial score (nSPS) is 26.5. The molecule has 1 spiro atoms. The molecule has 2 unspecified atom stereocenters. The maximum absolute atomic E-state index is 11.4. The van der Waals surface area contributed by atoms with Crippen molar-refractivity contribution >= 4 is 6.09 Å². The van der Waals surface area contributed by atoms with Crippen LogP contribution < -0.4 is 5.32 Å². The van der Waals surface area contributed by atoms with Crippen molar-refractivity contribution in [2.75, 3.05) is 7.11 Å². The number of nitrogens with one attached hydrogen (secondary N) is 1. The number of carbonyl (C=O) groups is 1. The smallest absolute Gasteiger partial charge is 0.407 e. The number of benzene rings is 1. The second-order valence-corrected chi connectivity index (χ2v) is 5.20. The van der Waals surface area contributed by atoms with Crippen molar-refractivity contribution in [3.05, 3.63) is 35.4 Å². The minimum Gasteiger partial charge on any atom is -0.453 e. The Hall–Kier alpha value is -1.59. The zero-order valence-electron chi connectivity index (χ0n) is 11.7. The van der Waals surface area contributed by atoms with E-state index in [2.05, 4.69) is 17.0 Å². The summed E-state index contributed by atoms with van der Waals surface area (Å²) in [4.78, 5) is 11.4. The minimum absolute atomic E-state index is 0.144. The summed E-state index contributed by atoms with van der Waals surface area (Å²) in [5.74, 6) is -0.544. The molecule has 0 radical (unpaired) electrons. The predicted molar refractivity (Wildman–Crippen MR) is 71.9 cm³/mol. The van der Waals surface area contributed by atoms with Gasteiger partial charge in [-0.15, -0.1) is 0 Å². The van der Waals surface area contributed by atoms with E-state index in [-0.39, 0.29) is 12.0 Å². The van der Waals surface area contributed by atoms with Crippen LogP contribution in [-0.4, -0.2) is 25.0 Å². The number of rotatable bonds is 2. The average molecular weight is 277 g/mol. The molecule has 1 aromatic carbocycles. The van der Waals surface area contributed by atoms with Crippen molar-refractivity contribution in [3.63, 3.8) is 0 Å². The van der Waals surface area contributed by atoms with Crippen LogP contribution in [0.1, 0.15) is 24.5 Å². The molecule has 108 valence electrons. The fraction of sp³-hybridized carbons (Fsp3) is 0.533. The molecule has 0 saturated heterocycles. The molecular formula is C15H19NO4. The molecule has 5 nitrogen and oxygen atoms in total. The van der Waals surface area contributed by atoms with Gasteiger partial charge in [0.15, 0.2) is 5.79 Å². The SMILES string of the molecule is CCC1C(NC(=O)OC)C12OCc1ccccc1CO2. The molecule has 2 aliphatic rings. The minimum atomic E-state index is -0.706. The van der Waals surface area contributed by atoms with Crippen LogP contribution in [0, 0.1) is 5.92 Å². The third-order valence-electron chi connectivity index (χ3n) is 4.17. The molecule has 1 aliphatic heterocycles. The molecule has 3 rings (SSSR count). The lowest BCUT2D eigenvalue weighted by atomic mass is 10.1. The lowest BCUT2D eigenvalue weighted by Gasteiger charge is -2.16. The standard InChI is InChI=1S/C15H19NO4/c1-3-12-13(16-14(17)18-2)15(12)19-8-10-6-4-5-7-11(10)9-20-15/h4-7,12-13H,3,8-9H2,1-2H3,(H,16,17). The summed E-state index contributed by atoms with van der Waals surface area (Å²) in [5.41, 5.74) is 2.28. The van der Waals surface area contributed by atoms with Crippen LogP contribution in [0.25, 0.3) is 0 Å². The second kappa shape index (κ2) is 5.07. The second-order valence-electron chi connectivity index (χ2n) is 5.20. The van der Waals surface area contributed by atoms with Gasteiger partial charge in [-0.05, 0) is 17.5 Å². The van der Waals surface area contributed by atoms with E-state index in [1.807, 2.05) is 24.3 Å². The lowest BCUT2D eigenvalue weighted by Crippen LogP contribution is -2.34. The Bertz CT molecular complexity index is 489. The molecular weight excluding hydrogens is 258 g/mol. The summed E-state index contributed by atoms with van der Waals surface area (Å²) in [5, 5.41) is 2.81. The fourth-order valence-electron chi connectivity index (χ4n) is 2.97. The molecule has 1 N–H and O–H groups in total. The van der Waals surface area contributed by atoms with E-state index >= 15 is 0 Å². The number of hydrogen-bond donors (Lipinski definition) is 1. The zero-order chi connectivity index (χ0) is 14.2. The number of hydrogen-bond acceptors (Lipinski definition) is 4. The Morgan fingerprint density at radius 3 is 2.45 bits per heavy atom. The summed E-state index contributed by atoms with van der Waals surface area (Å²) in [7, 11) is 1.36. The van der Waals surface area contributed by atoms with Crippen molar-refractivity contribution in [1.29, 1.82) is 0 Å². The zero-order valence-corrected chi connectivity index (χ0v) is 11.7. The van der Waals surface area contributed by atoms with Gasteiger partial charge < -0.3 is 19.5 Å². The molecule has 1 amide bonds. The third-order valence-corrected chi connectivity index (χ3v) is 4.17. The Morgan fingerprint density at radius 1 is 1.35 bits per heavy atom. The largest absolute Gasteiger partial charge is 0.453 e. The topological polar surface area (TPSA) is 56.8 Å². The number of carbonyl (C=O) groups excluding carboxylic acids is 1. The Labute approximate surface area is 118 Å². The number of alkyl carbamates (subject to hydrolysis) is 1. The van der Waals surface area contributed by atoms with Crippen LogP contribution in [0.15, 0.2) is 24.3 Å². The van der Waals surface area contributed by atoms with Crippen molar-refractivity contribution in [1.82, 2.24) is 5.32 Å². The summed E-state index contributed by atoms with van der Waals surface area (Å²) in [6.07, 6.45) is 0.435. The molecule has 20 heavy (non-hydrogen) atoms. The van der Waals surface area contributed by atoms with Gasteiger partial charge >= 0.3 is 6.09 Å². The van der Waals surface area contributed by atoms with Crippen LogP contribution in [0.5, 0.6) is 0 Å². The molecule has 1 fully saturated rings. The van der Waals surface area contributed by atoms with E-state index in [4.69, 9.17) is 9.47 Å². The molecule has 2 atom stereocenters. The van der Waals surface area contributed by atoms with Gasteiger partial charge in [-0.25, -0.2) is 4.79 Å². The maximum Gasteiger partial charge on any atom is 0.407 e. The molecule has 1 aromatic rings. The van der Waals surface area contributed by atoms with Crippen molar-refractivity contribution < 1.29 is 19.0 Å². The Balaban J connectivity index is 1.76. The van der Waals surface area contributed by atoms with E-state index < -0.39 is 11.9 Å². The number of amides is 1. The first-order valence-electron chi connectivity index (χ1n) is 6.90. The number of ether oxygens (including phenoxy) is 3. The molecule has 0 bridgehead atoms. The highest BCUT2D eigenvalue weighted by Crippen LogP contribution is 2.52. The molecule has 1 heterocycles. The third kappa shape index (κ3) is 2.07. The first kappa shape index (κ1) is 13.4. The molecule has 5 heteroatoms. The fourth-order valence-corrected chi connectivity index (χ4v) is 2.97. The highest BCUT2D eigenvalue weighted by atomic mass is 16.7. The van der Waals surface area contributed by atoms with Crippen LogP contribution >= 0.6 is 0 Å². The van der Waals surface area contributed by atoms with E-state index in [1.165, 1.54) is 7.11 Å². The lowest BCUT2D eigenvalue weighted by molar-refractivity contribution is -0.187. The van der Waals surface area contributed by atoms with Crippen LogP contribution in [-0.2, 0) is 27.4 Å². The van der Waals surface area contributed by atoms with Gasteiger partial charge in [-0.1, -0.05) is 31.2 Å². The van der Waals surface area contributed by atoms with E-state index in [0.717, 1.165) is 17.5 Å². The summed E-state index contributed by atoms with van der Waals surface area (Å²) < 4.78 is 16.7. The average Bonchev–Trinajstić information content (AvgIpc) is 3.14. The van der Waals surface area contributed by atoms with Gasteiger partial charge in [0, 0.05) is 5.92 Å². The van der Waals surface area contributed by atoms with Crippen LogP contribution in [0.3, 0.4) is 0 Å². The first-order valence-corrected chi connectivity index (χ1v) is 6.90.